The van der Waals surface area contributed by atoms with Gasteiger partial charge in [-0.25, -0.2) is 0 Å². The van der Waals surface area contributed by atoms with Gasteiger partial charge in [0.15, 0.2) is 0 Å². The Labute approximate surface area is 98.7 Å². The zero-order valence-electron chi connectivity index (χ0n) is 10.6. The van der Waals surface area contributed by atoms with E-state index in [2.05, 4.69) is 6.58 Å². The number of carbonyl (C=O) groups is 1. The molecule has 2 N–H and O–H groups in total. The molecule has 0 radical (unpaired) electrons. The van der Waals surface area contributed by atoms with Gasteiger partial charge in [0.05, 0.1) is 0 Å². The Bertz CT molecular complexity index is 267. The second-order valence-electron chi connectivity index (χ2n) is 5.31. The average Bonchev–Trinajstić information content (AvgIpc) is 2.16. The fourth-order valence-electron chi connectivity index (χ4n) is 2.36. The number of nitrogens with two attached hydrogens (primary N) is 1. The average molecular weight is 224 g/mol. The molecule has 0 aliphatic heterocycles. The minimum Gasteiger partial charge on any atom is -0.342 e. The van der Waals surface area contributed by atoms with Crippen molar-refractivity contribution in [3.8, 4) is 0 Å². The van der Waals surface area contributed by atoms with Crippen LogP contribution in [0.15, 0.2) is 12.2 Å². The van der Waals surface area contributed by atoms with Gasteiger partial charge in [0.25, 0.3) is 0 Å². The van der Waals surface area contributed by atoms with Crippen molar-refractivity contribution in [3.05, 3.63) is 12.2 Å². The normalized spacial score (nSPS) is 19.2. The van der Waals surface area contributed by atoms with Crippen molar-refractivity contribution in [2.45, 2.75) is 51.0 Å². The van der Waals surface area contributed by atoms with Crippen molar-refractivity contribution in [1.82, 2.24) is 4.90 Å². The highest BCUT2D eigenvalue weighted by Crippen LogP contribution is 2.29. The summed E-state index contributed by atoms with van der Waals surface area (Å²) >= 11 is 0. The number of hydrogen-bond acceptors (Lipinski definition) is 2. The monoisotopic (exact) mass is 224 g/mol. The lowest BCUT2D eigenvalue weighted by molar-refractivity contribution is -0.131. The summed E-state index contributed by atoms with van der Waals surface area (Å²) in [5, 5.41) is 0. The highest BCUT2D eigenvalue weighted by atomic mass is 16.2. The van der Waals surface area contributed by atoms with Crippen LogP contribution in [0.5, 0.6) is 0 Å². The van der Waals surface area contributed by atoms with Crippen LogP contribution in [0, 0.1) is 0 Å². The van der Waals surface area contributed by atoms with Crippen molar-refractivity contribution in [1.29, 1.82) is 0 Å². The van der Waals surface area contributed by atoms with E-state index >= 15 is 0 Å². The molecule has 1 amide bonds. The summed E-state index contributed by atoms with van der Waals surface area (Å²) < 4.78 is 0. The molecule has 0 heterocycles. The third-order valence-electron chi connectivity index (χ3n) is 3.29. The molecule has 16 heavy (non-hydrogen) atoms. The molecule has 0 bridgehead atoms. The summed E-state index contributed by atoms with van der Waals surface area (Å²) in [5.74, 6) is 0.146. The lowest BCUT2D eigenvalue weighted by Crippen LogP contribution is -2.46. The molecule has 0 spiro atoms. The highest BCUT2D eigenvalue weighted by molar-refractivity contribution is 5.77. The highest BCUT2D eigenvalue weighted by Gasteiger charge is 2.30. The fourth-order valence-corrected chi connectivity index (χ4v) is 2.36. The van der Waals surface area contributed by atoms with Crippen LogP contribution in [0.1, 0.15) is 45.4 Å². The van der Waals surface area contributed by atoms with Gasteiger partial charge in [-0.1, -0.05) is 31.4 Å². The zero-order chi connectivity index (χ0) is 12.2. The molecule has 0 saturated heterocycles. The SMILES string of the molecule is C=C(C)CN(C)C(=O)CC1(N)CCCCC1. The van der Waals surface area contributed by atoms with E-state index in [9.17, 15) is 4.79 Å². The van der Waals surface area contributed by atoms with Gasteiger partial charge in [0, 0.05) is 25.6 Å². The first-order chi connectivity index (χ1) is 7.43. The van der Waals surface area contributed by atoms with Crippen LogP contribution < -0.4 is 5.73 Å². The molecule has 0 atom stereocenters. The van der Waals surface area contributed by atoms with E-state index in [1.807, 2.05) is 14.0 Å². The number of likely N-dealkylation sites (N-methyl/N-ethyl adjacent to an activating group) is 1. The molecule has 1 aliphatic carbocycles. The van der Waals surface area contributed by atoms with Gasteiger partial charge in [-0.2, -0.15) is 0 Å². The standard InChI is InChI=1S/C13H24N2O/c1-11(2)10-15(3)12(16)9-13(14)7-5-4-6-8-13/h1,4-10,14H2,2-3H3. The first kappa shape index (κ1) is 13.2. The summed E-state index contributed by atoms with van der Waals surface area (Å²) in [6.07, 6.45) is 6.03. The van der Waals surface area contributed by atoms with Gasteiger partial charge in [-0.3, -0.25) is 4.79 Å². The van der Waals surface area contributed by atoms with Crippen LogP contribution in [-0.2, 0) is 4.79 Å². The molecule has 3 heteroatoms. The Kier molecular flexibility index (Phi) is 4.54. The molecule has 92 valence electrons. The topological polar surface area (TPSA) is 46.3 Å². The molecular weight excluding hydrogens is 200 g/mol. The number of hydrogen-bond donors (Lipinski definition) is 1. The largest absolute Gasteiger partial charge is 0.342 e. The predicted octanol–water partition coefficient (Wildman–Crippen LogP) is 2.07. The van der Waals surface area contributed by atoms with Crippen LogP contribution >= 0.6 is 0 Å². The second-order valence-corrected chi connectivity index (χ2v) is 5.31. The summed E-state index contributed by atoms with van der Waals surface area (Å²) in [4.78, 5) is 13.7. The third-order valence-corrected chi connectivity index (χ3v) is 3.29. The number of nitrogens with zero attached hydrogens (tertiary/aromatic N) is 1. The van der Waals surface area contributed by atoms with Crippen LogP contribution in [-0.4, -0.2) is 29.9 Å². The van der Waals surface area contributed by atoms with Gasteiger partial charge in [-0.15, -0.1) is 0 Å². The van der Waals surface area contributed by atoms with Crippen molar-refractivity contribution in [2.75, 3.05) is 13.6 Å². The molecule has 1 aliphatic rings. The Balaban J connectivity index is 2.45. The van der Waals surface area contributed by atoms with Crippen molar-refractivity contribution >= 4 is 5.91 Å². The second kappa shape index (κ2) is 5.48. The Morgan fingerprint density at radius 2 is 1.94 bits per heavy atom. The van der Waals surface area contributed by atoms with Crippen molar-refractivity contribution < 1.29 is 4.79 Å². The maximum atomic E-state index is 12.0. The van der Waals surface area contributed by atoms with Gasteiger partial charge < -0.3 is 10.6 Å². The summed E-state index contributed by atoms with van der Waals surface area (Å²) in [6, 6.07) is 0. The van der Waals surface area contributed by atoms with Crippen molar-refractivity contribution in [3.63, 3.8) is 0 Å². The van der Waals surface area contributed by atoms with Crippen LogP contribution in [0.2, 0.25) is 0 Å². The van der Waals surface area contributed by atoms with E-state index in [4.69, 9.17) is 5.73 Å². The number of carbonyl (C=O) groups excluding carboxylic acids is 1. The molecule has 1 fully saturated rings. The van der Waals surface area contributed by atoms with Gasteiger partial charge in [-0.05, 0) is 19.8 Å². The van der Waals surface area contributed by atoms with E-state index in [-0.39, 0.29) is 11.4 Å². The van der Waals surface area contributed by atoms with E-state index in [1.54, 1.807) is 4.90 Å². The smallest absolute Gasteiger partial charge is 0.224 e. The van der Waals surface area contributed by atoms with Gasteiger partial charge in [0.2, 0.25) is 5.91 Å². The minimum absolute atomic E-state index is 0.146. The number of amides is 1. The Hall–Kier alpha value is -0.830. The van der Waals surface area contributed by atoms with E-state index in [1.165, 1.54) is 6.42 Å². The molecule has 0 unspecified atom stereocenters. The quantitative estimate of drug-likeness (QED) is 0.743. The maximum Gasteiger partial charge on any atom is 0.224 e. The lowest BCUT2D eigenvalue weighted by Gasteiger charge is -2.34. The molecular formula is C13H24N2O. The molecule has 0 aromatic heterocycles. The fraction of sp³-hybridized carbons (Fsp3) is 0.769. The minimum atomic E-state index is -0.251. The molecule has 0 aromatic rings. The van der Waals surface area contributed by atoms with E-state index in [0.29, 0.717) is 13.0 Å². The number of rotatable bonds is 4. The van der Waals surface area contributed by atoms with E-state index < -0.39 is 0 Å². The molecule has 0 aromatic carbocycles. The predicted molar refractivity (Wildman–Crippen MR) is 67.1 cm³/mol. The zero-order valence-corrected chi connectivity index (χ0v) is 10.6. The summed E-state index contributed by atoms with van der Waals surface area (Å²) in [6.45, 7) is 6.38. The Morgan fingerprint density at radius 3 is 2.44 bits per heavy atom. The van der Waals surface area contributed by atoms with Crippen molar-refractivity contribution in [2.24, 2.45) is 5.73 Å². The first-order valence-electron chi connectivity index (χ1n) is 6.10. The Morgan fingerprint density at radius 1 is 1.38 bits per heavy atom. The molecule has 1 saturated carbocycles. The lowest BCUT2D eigenvalue weighted by atomic mass is 9.80. The van der Waals surface area contributed by atoms with Crippen LogP contribution in [0.4, 0.5) is 0 Å². The van der Waals surface area contributed by atoms with Crippen LogP contribution in [0.25, 0.3) is 0 Å². The van der Waals surface area contributed by atoms with Crippen LogP contribution in [0.3, 0.4) is 0 Å². The summed E-state index contributed by atoms with van der Waals surface area (Å²) in [5.41, 5.74) is 7.01. The van der Waals surface area contributed by atoms with E-state index in [0.717, 1.165) is 31.3 Å². The maximum absolute atomic E-state index is 12.0. The molecule has 3 nitrogen and oxygen atoms in total. The molecule has 1 rings (SSSR count). The summed E-state index contributed by atoms with van der Waals surface area (Å²) in [7, 11) is 1.82. The van der Waals surface area contributed by atoms with Gasteiger partial charge in [0.1, 0.15) is 0 Å². The third kappa shape index (κ3) is 3.97. The first-order valence-corrected chi connectivity index (χ1v) is 6.10. The van der Waals surface area contributed by atoms with Gasteiger partial charge >= 0.3 is 0 Å².